The number of para-hydroxylation sites is 1. The van der Waals surface area contributed by atoms with E-state index in [1.54, 1.807) is 24.3 Å². The van der Waals surface area contributed by atoms with Gasteiger partial charge in [-0.15, -0.1) is 0 Å². The molecule has 0 fully saturated rings. The lowest BCUT2D eigenvalue weighted by molar-refractivity contribution is -0.266. The first-order chi connectivity index (χ1) is 13.4. The first kappa shape index (κ1) is 21.0. The fourth-order valence-electron chi connectivity index (χ4n) is 3.76. The molecule has 154 valence electrons. The van der Waals surface area contributed by atoms with E-state index in [1.807, 2.05) is 0 Å². The molecule has 3 aromatic rings. The summed E-state index contributed by atoms with van der Waals surface area (Å²) in [5.41, 5.74) is -3.63. The molecule has 29 heavy (non-hydrogen) atoms. The van der Waals surface area contributed by atoms with Crippen molar-refractivity contribution in [3.8, 4) is 5.75 Å². The van der Waals surface area contributed by atoms with Gasteiger partial charge in [-0.1, -0.05) is 32.0 Å². The summed E-state index contributed by atoms with van der Waals surface area (Å²) in [7, 11) is 0. The van der Waals surface area contributed by atoms with Crippen LogP contribution in [0.25, 0.3) is 10.9 Å². The summed E-state index contributed by atoms with van der Waals surface area (Å²) in [5, 5.41) is 21.4. The maximum Gasteiger partial charge on any atom is 0.417 e. The molecule has 1 unspecified atom stereocenters. The first-order valence-corrected chi connectivity index (χ1v) is 9.04. The molecule has 7 heteroatoms. The summed E-state index contributed by atoms with van der Waals surface area (Å²) in [6.45, 7) is 2.87. The summed E-state index contributed by atoms with van der Waals surface area (Å²) >= 11 is 0. The number of pyridine rings is 1. The van der Waals surface area contributed by atoms with E-state index in [-0.39, 0.29) is 11.3 Å². The lowest BCUT2D eigenvalue weighted by Crippen LogP contribution is -2.50. The second-order valence-corrected chi connectivity index (χ2v) is 7.92. The van der Waals surface area contributed by atoms with Gasteiger partial charge in [-0.05, 0) is 47.7 Å². The molecule has 0 bridgehead atoms. The van der Waals surface area contributed by atoms with Crippen LogP contribution in [-0.2, 0) is 11.8 Å². The summed E-state index contributed by atoms with van der Waals surface area (Å²) < 4.78 is 55.7. The molecule has 3 rings (SSSR count). The molecule has 2 N–H and O–H groups in total. The normalized spacial score (nSPS) is 14.7. The molecule has 0 spiro atoms. The number of halogens is 4. The third kappa shape index (κ3) is 4.19. The van der Waals surface area contributed by atoms with Gasteiger partial charge in [0.15, 0.2) is 5.60 Å². The van der Waals surface area contributed by atoms with Crippen LogP contribution in [0.4, 0.5) is 17.6 Å². The fourth-order valence-corrected chi connectivity index (χ4v) is 3.76. The van der Waals surface area contributed by atoms with Crippen molar-refractivity contribution in [1.82, 2.24) is 4.98 Å². The van der Waals surface area contributed by atoms with E-state index in [0.717, 1.165) is 18.2 Å². The van der Waals surface area contributed by atoms with E-state index >= 15 is 0 Å². The van der Waals surface area contributed by atoms with Crippen LogP contribution in [0.2, 0.25) is 0 Å². The molecular formula is C22H21F4NO2. The highest BCUT2D eigenvalue weighted by atomic mass is 19.4. The van der Waals surface area contributed by atoms with Crippen molar-refractivity contribution in [1.29, 1.82) is 0 Å². The van der Waals surface area contributed by atoms with Crippen LogP contribution in [0.15, 0.2) is 54.7 Å². The Morgan fingerprint density at radius 2 is 1.69 bits per heavy atom. The molecule has 1 heterocycles. The standard InChI is InChI=1S/C22H21F4NO2/c1-20(2,17-11-15(23)7-8-19(17)28)13-21(29,22(24,25)26)12-14-9-10-27-18-6-4-3-5-16(14)18/h3-11,28-29H,12-13H2,1-2H3. The van der Waals surface area contributed by atoms with Gasteiger partial charge in [-0.3, -0.25) is 4.98 Å². The van der Waals surface area contributed by atoms with Crippen molar-refractivity contribution in [3.05, 3.63) is 71.7 Å². The fraction of sp³-hybridized carbons (Fsp3) is 0.318. The third-order valence-corrected chi connectivity index (χ3v) is 5.17. The lowest BCUT2D eigenvalue weighted by atomic mass is 9.72. The Hall–Kier alpha value is -2.67. The Bertz CT molecular complexity index is 1030. The lowest BCUT2D eigenvalue weighted by Gasteiger charge is -2.38. The monoisotopic (exact) mass is 407 g/mol. The van der Waals surface area contributed by atoms with Crippen LogP contribution in [0, 0.1) is 5.82 Å². The molecule has 3 nitrogen and oxygen atoms in total. The Balaban J connectivity index is 2.04. The first-order valence-electron chi connectivity index (χ1n) is 9.04. The number of alkyl halides is 3. The van der Waals surface area contributed by atoms with E-state index in [1.165, 1.54) is 26.1 Å². The van der Waals surface area contributed by atoms with Gasteiger partial charge in [0, 0.05) is 23.6 Å². The minimum atomic E-state index is -4.95. The van der Waals surface area contributed by atoms with Crippen LogP contribution in [0.3, 0.4) is 0 Å². The minimum absolute atomic E-state index is 0.000221. The second kappa shape index (κ2) is 7.30. The number of phenolic OH excluding ortho intramolecular Hbond substituents is 1. The zero-order valence-corrected chi connectivity index (χ0v) is 16.0. The van der Waals surface area contributed by atoms with Gasteiger partial charge in [-0.25, -0.2) is 4.39 Å². The number of nitrogens with zero attached hydrogens (tertiary/aromatic N) is 1. The van der Waals surface area contributed by atoms with Gasteiger partial charge in [0.1, 0.15) is 11.6 Å². The van der Waals surface area contributed by atoms with E-state index in [4.69, 9.17) is 0 Å². The average molecular weight is 407 g/mol. The Morgan fingerprint density at radius 3 is 2.38 bits per heavy atom. The largest absolute Gasteiger partial charge is 0.508 e. The van der Waals surface area contributed by atoms with Crippen molar-refractivity contribution >= 4 is 10.9 Å². The van der Waals surface area contributed by atoms with E-state index in [9.17, 15) is 27.8 Å². The van der Waals surface area contributed by atoms with Crippen LogP contribution >= 0.6 is 0 Å². The van der Waals surface area contributed by atoms with Gasteiger partial charge >= 0.3 is 6.18 Å². The average Bonchev–Trinajstić information content (AvgIpc) is 2.62. The van der Waals surface area contributed by atoms with Crippen LogP contribution in [-0.4, -0.2) is 27.0 Å². The molecule has 0 amide bonds. The molecule has 2 aromatic carbocycles. The number of hydrogen-bond donors (Lipinski definition) is 2. The smallest absolute Gasteiger partial charge is 0.417 e. The number of aliphatic hydroxyl groups is 1. The Labute approximate surface area is 165 Å². The highest BCUT2D eigenvalue weighted by molar-refractivity contribution is 5.81. The highest BCUT2D eigenvalue weighted by Gasteiger charge is 2.56. The molecule has 0 aliphatic rings. The van der Waals surface area contributed by atoms with Crippen molar-refractivity contribution in [2.45, 2.75) is 43.9 Å². The molecular weight excluding hydrogens is 386 g/mol. The van der Waals surface area contributed by atoms with E-state index in [0.29, 0.717) is 16.5 Å². The number of fused-ring (bicyclic) bond motifs is 1. The quantitative estimate of drug-likeness (QED) is 0.566. The predicted octanol–water partition coefficient (Wildman–Crippen LogP) is 5.28. The number of aromatic hydroxyl groups is 1. The molecule has 0 aliphatic carbocycles. The summed E-state index contributed by atoms with van der Waals surface area (Å²) in [4.78, 5) is 4.14. The molecule has 0 saturated heterocycles. The molecule has 1 aromatic heterocycles. The second-order valence-electron chi connectivity index (χ2n) is 7.92. The van der Waals surface area contributed by atoms with Crippen molar-refractivity contribution in [2.24, 2.45) is 0 Å². The summed E-state index contributed by atoms with van der Waals surface area (Å²) in [6.07, 6.45) is -5.01. The van der Waals surface area contributed by atoms with E-state index < -0.39 is 35.9 Å². The summed E-state index contributed by atoms with van der Waals surface area (Å²) in [5.74, 6) is -1.00. The van der Waals surface area contributed by atoms with Crippen molar-refractivity contribution in [3.63, 3.8) is 0 Å². The maximum atomic E-state index is 14.0. The topological polar surface area (TPSA) is 53.4 Å². The number of hydrogen-bond acceptors (Lipinski definition) is 3. The van der Waals surface area contributed by atoms with E-state index in [2.05, 4.69) is 4.98 Å². The third-order valence-electron chi connectivity index (χ3n) is 5.17. The maximum absolute atomic E-state index is 14.0. The van der Waals surface area contributed by atoms with Crippen LogP contribution < -0.4 is 0 Å². The van der Waals surface area contributed by atoms with Gasteiger partial charge in [0.2, 0.25) is 0 Å². The zero-order valence-electron chi connectivity index (χ0n) is 16.0. The van der Waals surface area contributed by atoms with Crippen LogP contribution in [0.1, 0.15) is 31.4 Å². The number of aromatic nitrogens is 1. The molecule has 0 saturated carbocycles. The number of rotatable bonds is 5. The van der Waals surface area contributed by atoms with Gasteiger partial charge in [0.05, 0.1) is 5.52 Å². The molecule has 1 atom stereocenters. The SMILES string of the molecule is CC(C)(CC(O)(Cc1ccnc2ccccc12)C(F)(F)F)c1cc(F)ccc1O. The van der Waals surface area contributed by atoms with Crippen LogP contribution in [0.5, 0.6) is 5.75 Å². The Morgan fingerprint density at radius 1 is 1.00 bits per heavy atom. The van der Waals surface area contributed by atoms with Crippen molar-refractivity contribution < 1.29 is 27.8 Å². The predicted molar refractivity (Wildman–Crippen MR) is 102 cm³/mol. The summed E-state index contributed by atoms with van der Waals surface area (Å²) in [6, 6.07) is 11.3. The van der Waals surface area contributed by atoms with Crippen molar-refractivity contribution in [2.75, 3.05) is 0 Å². The van der Waals surface area contributed by atoms with Gasteiger partial charge in [0.25, 0.3) is 0 Å². The van der Waals surface area contributed by atoms with Gasteiger partial charge in [-0.2, -0.15) is 13.2 Å². The minimum Gasteiger partial charge on any atom is -0.508 e. The number of phenols is 1. The van der Waals surface area contributed by atoms with Gasteiger partial charge < -0.3 is 10.2 Å². The number of benzene rings is 2. The Kier molecular flexibility index (Phi) is 5.30. The molecule has 0 aliphatic heterocycles. The zero-order chi connectivity index (χ0) is 21.4. The highest BCUT2D eigenvalue weighted by Crippen LogP contribution is 2.45. The molecule has 0 radical (unpaired) electrons.